The van der Waals surface area contributed by atoms with Gasteiger partial charge in [0.25, 0.3) is 0 Å². The Morgan fingerprint density at radius 3 is 1.20 bits per heavy atom. The molecule has 2 unspecified atom stereocenters. The van der Waals surface area contributed by atoms with E-state index in [4.69, 9.17) is 31.6 Å². The van der Waals surface area contributed by atoms with E-state index < -0.39 is 29.9 Å². The van der Waals surface area contributed by atoms with Crippen LogP contribution in [0.1, 0.15) is 96.0 Å². The van der Waals surface area contributed by atoms with E-state index in [0.29, 0.717) is 7.25 Å². The number of hydrogen-bond donors (Lipinski definition) is 0. The molecule has 0 bridgehead atoms. The summed E-state index contributed by atoms with van der Waals surface area (Å²) in [6.07, 6.45) is 4.94. The molecule has 0 heterocycles. The molecular weight excluding hydrogens is 751 g/mol. The van der Waals surface area contributed by atoms with Crippen molar-refractivity contribution in [2.24, 2.45) is 0 Å². The molecule has 0 aromatic heterocycles. The molecule has 0 fully saturated rings. The van der Waals surface area contributed by atoms with E-state index in [1.54, 1.807) is 0 Å². The summed E-state index contributed by atoms with van der Waals surface area (Å²) in [5, 5.41) is 0. The van der Waals surface area contributed by atoms with Gasteiger partial charge in [-0.15, -0.1) is 22.2 Å². The second-order valence-electron chi connectivity index (χ2n) is 16.0. The van der Waals surface area contributed by atoms with Crippen molar-refractivity contribution in [1.29, 1.82) is 0 Å². The zero-order valence-corrected chi connectivity index (χ0v) is 36.8. The average Bonchev–Trinajstić information content (AvgIpc) is 3.52. The largest absolute Gasteiger partial charge is 0.245 e. The van der Waals surface area contributed by atoms with Gasteiger partial charge in [-0.1, -0.05) is 0 Å². The van der Waals surface area contributed by atoms with Gasteiger partial charge in [-0.25, -0.2) is 0 Å². The number of halogens is 2. The van der Waals surface area contributed by atoms with Crippen molar-refractivity contribution in [3.8, 4) is 33.8 Å². The van der Waals surface area contributed by atoms with Gasteiger partial charge in [0.2, 0.25) is 6.69 Å². The van der Waals surface area contributed by atoms with Crippen LogP contribution in [-0.4, -0.2) is 20.9 Å². The maximum absolute atomic E-state index is 6.24. The molecule has 0 spiro atoms. The van der Waals surface area contributed by atoms with Gasteiger partial charge < -0.3 is 0 Å². The van der Waals surface area contributed by atoms with E-state index in [-0.39, 0.29) is 10.8 Å². The van der Waals surface area contributed by atoms with Crippen LogP contribution >= 0.6 is 22.2 Å². The molecule has 2 aliphatic carbocycles. The number of benzene rings is 4. The first kappa shape index (κ1) is 38.9. The van der Waals surface area contributed by atoms with Crippen LogP contribution in [0.15, 0.2) is 83.9 Å². The summed E-state index contributed by atoms with van der Waals surface area (Å²) < 4.78 is 13.4. The number of ether oxygens (including phenoxy) is 2. The van der Waals surface area contributed by atoms with Crippen molar-refractivity contribution in [1.82, 2.24) is 0 Å². The fourth-order valence-corrected chi connectivity index (χ4v) is 11.8. The van der Waals surface area contributed by atoms with Gasteiger partial charge in [-0.3, -0.25) is 0 Å². The van der Waals surface area contributed by atoms with Crippen molar-refractivity contribution < 1.29 is 32.7 Å². The molecule has 2 atom stereocenters. The van der Waals surface area contributed by atoms with Crippen molar-refractivity contribution in [2.45, 2.75) is 86.6 Å². The maximum atomic E-state index is 6.24. The molecule has 6 heteroatoms. The Morgan fingerprint density at radius 2 is 0.920 bits per heavy atom. The quantitative estimate of drug-likeness (QED) is 0.143. The zero-order valence-electron chi connectivity index (χ0n) is 31.8. The summed E-state index contributed by atoms with van der Waals surface area (Å²) in [5.41, 5.74) is 16.1. The Hall–Kier alpha value is -2.36. The fraction of sp³-hybridized carbons (Fsp3) is 0.364. The van der Waals surface area contributed by atoms with E-state index >= 15 is 0 Å². The maximum Gasteiger partial charge on any atom is 0.245 e. The van der Waals surface area contributed by atoms with Gasteiger partial charge in [-0.2, -0.15) is 0 Å². The number of methoxy groups -OCH3 is 2. The van der Waals surface area contributed by atoms with Gasteiger partial charge in [0.15, 0.2) is 0 Å². The molecule has 0 radical (unpaired) electrons. The van der Waals surface area contributed by atoms with Crippen LogP contribution in [0.2, 0.25) is 13.1 Å². The Morgan fingerprint density at radius 1 is 0.600 bits per heavy atom. The first-order valence-corrected chi connectivity index (χ1v) is 25.3. The van der Waals surface area contributed by atoms with Crippen LogP contribution in [0.5, 0.6) is 11.5 Å². The average molecular weight is 803 g/mol. The molecule has 50 heavy (non-hydrogen) atoms. The minimum Gasteiger partial charge on any atom is -0.146 e. The Bertz CT molecular complexity index is 1790. The number of rotatable bonds is 6. The zero-order chi connectivity index (χ0) is 36.8. The molecule has 4 aromatic rings. The van der Waals surface area contributed by atoms with E-state index in [1.807, 2.05) is 27.3 Å². The van der Waals surface area contributed by atoms with E-state index in [1.165, 1.54) is 66.8 Å². The Kier molecular flexibility index (Phi) is 11.6. The SMILES string of the molecule is COc1c(C(C)(C)C)cc2c(c1-c1ccccc1)C=C(C)[CH]2[Zr][CH]1C(C)=Cc2c1cc(C(C)(C)C)c(OC)c2-c1ccccc1.C[Si](C)(Cl)Cl. The third-order valence-corrected chi connectivity index (χ3v) is 14.9. The predicted octanol–water partition coefficient (Wildman–Crippen LogP) is 13.5. The summed E-state index contributed by atoms with van der Waals surface area (Å²) in [6, 6.07) is 26.7. The van der Waals surface area contributed by atoms with Gasteiger partial charge in [0.05, 0.1) is 0 Å². The molecule has 0 N–H and O–H groups in total. The fourth-order valence-electron chi connectivity index (χ4n) is 7.23. The second-order valence-corrected chi connectivity index (χ2v) is 28.6. The van der Waals surface area contributed by atoms with Crippen molar-refractivity contribution >= 4 is 41.0 Å². The molecule has 0 amide bonds. The summed E-state index contributed by atoms with van der Waals surface area (Å²) in [5.74, 6) is 2.03. The third-order valence-electron chi connectivity index (χ3n) is 9.46. The summed E-state index contributed by atoms with van der Waals surface area (Å²) in [4.78, 5) is 0. The number of fused-ring (bicyclic) bond motifs is 2. The van der Waals surface area contributed by atoms with E-state index in [9.17, 15) is 0 Å². The van der Waals surface area contributed by atoms with Crippen molar-refractivity contribution in [3.63, 3.8) is 0 Å². The molecule has 0 saturated carbocycles. The molecule has 262 valence electrons. The van der Waals surface area contributed by atoms with Gasteiger partial charge in [0, 0.05) is 0 Å². The molecule has 4 aromatic carbocycles. The topological polar surface area (TPSA) is 18.5 Å². The number of allylic oxidation sites excluding steroid dienone is 2. The molecular formula is C44H52Cl2O2SiZr. The molecule has 2 aliphatic rings. The smallest absolute Gasteiger partial charge is 0.146 e. The minimum atomic E-state index is -1.67. The van der Waals surface area contributed by atoms with E-state index in [2.05, 4.69) is 140 Å². The van der Waals surface area contributed by atoms with Crippen LogP contribution < -0.4 is 9.47 Å². The predicted molar refractivity (Wildman–Crippen MR) is 216 cm³/mol. The normalized spacial score (nSPS) is 16.8. The Labute approximate surface area is 323 Å². The summed E-state index contributed by atoms with van der Waals surface area (Å²) >= 11 is 9.76. The van der Waals surface area contributed by atoms with Crippen LogP contribution in [0.25, 0.3) is 34.4 Å². The van der Waals surface area contributed by atoms with Crippen molar-refractivity contribution in [2.75, 3.05) is 14.2 Å². The van der Waals surface area contributed by atoms with Gasteiger partial charge >= 0.3 is 284 Å². The summed E-state index contributed by atoms with van der Waals surface area (Å²) in [6.45, 7) is 20.6. The van der Waals surface area contributed by atoms with Crippen molar-refractivity contribution in [3.05, 3.63) is 117 Å². The monoisotopic (exact) mass is 800 g/mol. The molecule has 0 saturated heterocycles. The third kappa shape index (κ3) is 8.15. The van der Waals surface area contributed by atoms with Crippen LogP contribution in [0.4, 0.5) is 0 Å². The number of hydrogen-bond acceptors (Lipinski definition) is 2. The first-order valence-electron chi connectivity index (χ1n) is 17.5. The van der Waals surface area contributed by atoms with Crippen LogP contribution in [0, 0.1) is 0 Å². The summed E-state index contributed by atoms with van der Waals surface area (Å²) in [7, 11) is 3.66. The van der Waals surface area contributed by atoms with Gasteiger partial charge in [-0.05, 0) is 13.1 Å². The molecule has 2 nitrogen and oxygen atoms in total. The van der Waals surface area contributed by atoms with Crippen LogP contribution in [0.3, 0.4) is 0 Å². The molecule has 0 aliphatic heterocycles. The minimum absolute atomic E-state index is 0.0471. The standard InChI is InChI=1S/2C21H23O.C2H6Cl2Si.Zr/c2*1-14-11-16-13-18(21(2,3)4)20(22-5)19(17(16)12-14)15-9-7-6-8-10-15;1-5(2,3)4;/h2*6-13H,1-5H3;1-2H3;. The second kappa shape index (κ2) is 14.9. The van der Waals surface area contributed by atoms with Gasteiger partial charge in [0.1, 0.15) is 0 Å². The van der Waals surface area contributed by atoms with E-state index in [0.717, 1.165) is 11.5 Å². The van der Waals surface area contributed by atoms with Crippen LogP contribution in [-0.2, 0) is 34.1 Å². The first-order chi connectivity index (χ1) is 23.3. The Balaban J connectivity index is 0.000000908. The molecule has 6 rings (SSSR count).